The van der Waals surface area contributed by atoms with Crippen molar-refractivity contribution in [2.24, 2.45) is 0 Å². The highest BCUT2D eigenvalue weighted by molar-refractivity contribution is 7.09. The maximum atomic E-state index is 5.78. The number of nitrogens with zero attached hydrogens (tertiary/aromatic N) is 2. The highest BCUT2D eigenvalue weighted by atomic mass is 35.5. The molecule has 0 bridgehead atoms. The van der Waals surface area contributed by atoms with Crippen LogP contribution < -0.4 is 4.90 Å². The number of rotatable bonds is 8. The molecule has 2 aromatic rings. The summed E-state index contributed by atoms with van der Waals surface area (Å²) in [4.78, 5) is 6.97. The topological polar surface area (TPSA) is 16.1 Å². The lowest BCUT2D eigenvalue weighted by Crippen LogP contribution is -2.24. The Morgan fingerprint density at radius 2 is 2.05 bits per heavy atom. The SMILES string of the molecule is CCN(CCCCc1nc(CCl)cs1)c1ccccc1C. The molecule has 2 nitrogen and oxygen atoms in total. The van der Waals surface area contributed by atoms with E-state index >= 15 is 0 Å². The molecule has 1 heterocycles. The predicted octanol–water partition coefficient (Wildman–Crippen LogP) is 5.04. The quantitative estimate of drug-likeness (QED) is 0.500. The second kappa shape index (κ2) is 8.40. The summed E-state index contributed by atoms with van der Waals surface area (Å²) < 4.78 is 0. The van der Waals surface area contributed by atoms with Gasteiger partial charge in [-0.25, -0.2) is 4.98 Å². The summed E-state index contributed by atoms with van der Waals surface area (Å²) in [5, 5.41) is 3.28. The zero-order valence-corrected chi connectivity index (χ0v) is 14.4. The van der Waals surface area contributed by atoms with Gasteiger partial charge >= 0.3 is 0 Å². The molecule has 2 rings (SSSR count). The van der Waals surface area contributed by atoms with E-state index in [1.807, 2.05) is 0 Å². The van der Waals surface area contributed by atoms with Crippen LogP contribution in [0.25, 0.3) is 0 Å². The Labute approximate surface area is 136 Å². The summed E-state index contributed by atoms with van der Waals surface area (Å²) in [5.74, 6) is 0.521. The number of anilines is 1. The van der Waals surface area contributed by atoms with Crippen molar-refractivity contribution in [1.29, 1.82) is 0 Å². The summed E-state index contributed by atoms with van der Waals surface area (Å²) in [7, 11) is 0. The van der Waals surface area contributed by atoms with Crippen LogP contribution in [-0.2, 0) is 12.3 Å². The molecule has 0 aliphatic heterocycles. The summed E-state index contributed by atoms with van der Waals surface area (Å²) in [6.07, 6.45) is 3.43. The fraction of sp³-hybridized carbons (Fsp3) is 0.471. The number of alkyl halides is 1. The number of unbranched alkanes of at least 4 members (excludes halogenated alkanes) is 1. The Bertz CT molecular complexity index is 553. The second-order valence-corrected chi connectivity index (χ2v) is 6.40. The highest BCUT2D eigenvalue weighted by Crippen LogP contribution is 2.20. The third-order valence-electron chi connectivity index (χ3n) is 3.64. The molecule has 0 N–H and O–H groups in total. The van der Waals surface area contributed by atoms with E-state index < -0.39 is 0 Å². The number of hydrogen-bond donors (Lipinski definition) is 0. The van der Waals surface area contributed by atoms with E-state index in [0.29, 0.717) is 5.88 Å². The van der Waals surface area contributed by atoms with Gasteiger partial charge in [-0.2, -0.15) is 0 Å². The van der Waals surface area contributed by atoms with Crippen molar-refractivity contribution in [3.05, 3.63) is 45.9 Å². The molecule has 21 heavy (non-hydrogen) atoms. The van der Waals surface area contributed by atoms with Crippen LogP contribution in [0.5, 0.6) is 0 Å². The summed E-state index contributed by atoms with van der Waals surface area (Å²) in [6, 6.07) is 8.62. The largest absolute Gasteiger partial charge is 0.372 e. The van der Waals surface area contributed by atoms with Gasteiger partial charge in [-0.05, 0) is 44.7 Å². The van der Waals surface area contributed by atoms with Crippen LogP contribution in [-0.4, -0.2) is 18.1 Å². The third-order valence-corrected chi connectivity index (χ3v) is 4.87. The fourth-order valence-electron chi connectivity index (χ4n) is 2.47. The van der Waals surface area contributed by atoms with Crippen LogP contribution in [0.3, 0.4) is 0 Å². The molecule has 0 fully saturated rings. The van der Waals surface area contributed by atoms with E-state index in [4.69, 9.17) is 11.6 Å². The van der Waals surface area contributed by atoms with Gasteiger partial charge in [0, 0.05) is 24.2 Å². The van der Waals surface area contributed by atoms with Gasteiger partial charge in [-0.15, -0.1) is 22.9 Å². The number of thiazole rings is 1. The van der Waals surface area contributed by atoms with Gasteiger partial charge in [-0.1, -0.05) is 18.2 Å². The number of aryl methyl sites for hydroxylation is 2. The number of para-hydroxylation sites is 1. The molecule has 0 spiro atoms. The fourth-order valence-corrected chi connectivity index (χ4v) is 3.54. The van der Waals surface area contributed by atoms with Crippen LogP contribution in [0.4, 0.5) is 5.69 Å². The zero-order chi connectivity index (χ0) is 15.1. The average Bonchev–Trinajstić information content (AvgIpc) is 2.96. The molecule has 0 atom stereocenters. The van der Waals surface area contributed by atoms with Gasteiger partial charge in [-0.3, -0.25) is 0 Å². The first kappa shape index (κ1) is 16.3. The standard InChI is InChI=1S/C17H23ClN2S/c1-3-20(16-9-5-4-8-14(16)2)11-7-6-10-17-19-15(12-18)13-21-17/h4-5,8-9,13H,3,6-7,10-12H2,1-2H3. The van der Waals surface area contributed by atoms with Gasteiger partial charge in [0.25, 0.3) is 0 Å². The van der Waals surface area contributed by atoms with Crippen molar-refractivity contribution in [2.45, 2.75) is 39.0 Å². The Morgan fingerprint density at radius 3 is 2.71 bits per heavy atom. The van der Waals surface area contributed by atoms with Crippen LogP contribution in [0.15, 0.2) is 29.6 Å². The third kappa shape index (κ3) is 4.72. The van der Waals surface area contributed by atoms with Gasteiger partial charge in [0.15, 0.2) is 0 Å². The van der Waals surface area contributed by atoms with E-state index in [2.05, 4.69) is 53.4 Å². The van der Waals surface area contributed by atoms with E-state index in [9.17, 15) is 0 Å². The Morgan fingerprint density at radius 1 is 1.24 bits per heavy atom. The number of hydrogen-bond acceptors (Lipinski definition) is 3. The van der Waals surface area contributed by atoms with E-state index in [0.717, 1.165) is 25.2 Å². The second-order valence-electron chi connectivity index (χ2n) is 5.19. The van der Waals surface area contributed by atoms with E-state index in [1.165, 1.54) is 29.1 Å². The Hall–Kier alpha value is -1.06. The molecule has 0 aliphatic rings. The first-order valence-corrected chi connectivity index (χ1v) is 8.95. The molecule has 4 heteroatoms. The number of benzene rings is 1. The van der Waals surface area contributed by atoms with Crippen molar-refractivity contribution in [3.63, 3.8) is 0 Å². The minimum atomic E-state index is 0.521. The first-order chi connectivity index (χ1) is 10.2. The molecular formula is C17H23ClN2S. The van der Waals surface area contributed by atoms with Crippen molar-refractivity contribution >= 4 is 28.6 Å². The van der Waals surface area contributed by atoms with Crippen LogP contribution in [0, 0.1) is 6.92 Å². The van der Waals surface area contributed by atoms with Crippen LogP contribution in [0.1, 0.15) is 36.0 Å². The van der Waals surface area contributed by atoms with Crippen molar-refractivity contribution < 1.29 is 0 Å². The zero-order valence-electron chi connectivity index (χ0n) is 12.8. The molecule has 0 aliphatic carbocycles. The summed E-state index contributed by atoms with van der Waals surface area (Å²) in [6.45, 7) is 6.56. The molecule has 0 amide bonds. The normalized spacial score (nSPS) is 10.8. The molecule has 0 radical (unpaired) electrons. The molecule has 0 unspecified atom stereocenters. The van der Waals surface area contributed by atoms with Crippen molar-refractivity contribution in [2.75, 3.05) is 18.0 Å². The lowest BCUT2D eigenvalue weighted by molar-refractivity contribution is 0.693. The Balaban J connectivity index is 1.80. The molecule has 1 aromatic carbocycles. The molecule has 1 aromatic heterocycles. The van der Waals surface area contributed by atoms with Gasteiger partial charge in [0.2, 0.25) is 0 Å². The van der Waals surface area contributed by atoms with Crippen LogP contribution >= 0.6 is 22.9 Å². The maximum absolute atomic E-state index is 5.78. The molecule has 114 valence electrons. The summed E-state index contributed by atoms with van der Waals surface area (Å²) >= 11 is 7.51. The minimum Gasteiger partial charge on any atom is -0.372 e. The first-order valence-electron chi connectivity index (χ1n) is 7.54. The van der Waals surface area contributed by atoms with Crippen molar-refractivity contribution in [1.82, 2.24) is 4.98 Å². The average molecular weight is 323 g/mol. The van der Waals surface area contributed by atoms with Gasteiger partial charge in [0.1, 0.15) is 0 Å². The smallest absolute Gasteiger partial charge is 0.0928 e. The molecular weight excluding hydrogens is 300 g/mol. The lowest BCUT2D eigenvalue weighted by atomic mass is 10.1. The van der Waals surface area contributed by atoms with Crippen molar-refractivity contribution in [3.8, 4) is 0 Å². The Kier molecular flexibility index (Phi) is 6.52. The van der Waals surface area contributed by atoms with Gasteiger partial charge in [0.05, 0.1) is 16.6 Å². The van der Waals surface area contributed by atoms with Gasteiger partial charge < -0.3 is 4.90 Å². The maximum Gasteiger partial charge on any atom is 0.0928 e. The molecule has 0 saturated carbocycles. The highest BCUT2D eigenvalue weighted by Gasteiger charge is 2.07. The monoisotopic (exact) mass is 322 g/mol. The predicted molar refractivity (Wildman–Crippen MR) is 93.7 cm³/mol. The van der Waals surface area contributed by atoms with E-state index in [1.54, 1.807) is 11.3 Å². The number of aromatic nitrogens is 1. The number of halogens is 1. The van der Waals surface area contributed by atoms with Crippen LogP contribution in [0.2, 0.25) is 0 Å². The van der Waals surface area contributed by atoms with E-state index in [-0.39, 0.29) is 0 Å². The molecule has 0 saturated heterocycles. The minimum absolute atomic E-state index is 0.521. The lowest BCUT2D eigenvalue weighted by Gasteiger charge is -2.24. The summed E-state index contributed by atoms with van der Waals surface area (Å²) in [5.41, 5.74) is 3.72.